The van der Waals surface area contributed by atoms with Crippen molar-refractivity contribution < 1.29 is 14.6 Å². The van der Waals surface area contributed by atoms with Crippen molar-refractivity contribution in [3.63, 3.8) is 0 Å². The van der Waals surface area contributed by atoms with Crippen LogP contribution in [0.1, 0.15) is 15.9 Å². The van der Waals surface area contributed by atoms with Gasteiger partial charge in [0, 0.05) is 25.0 Å². The maximum Gasteiger partial charge on any atom is 0.337 e. The summed E-state index contributed by atoms with van der Waals surface area (Å²) in [7, 11) is 0. The fraction of sp³-hybridized carbons (Fsp3) is 0.222. The number of aromatic carboxylic acids is 1. The quantitative estimate of drug-likeness (QED) is 0.860. The van der Waals surface area contributed by atoms with Crippen LogP contribution >= 0.6 is 11.6 Å². The van der Waals surface area contributed by atoms with Gasteiger partial charge in [-0.05, 0) is 35.9 Å². The largest absolute Gasteiger partial charge is 0.478 e. The Morgan fingerprint density at radius 2 is 1.88 bits per heavy atom. The molecule has 124 valence electrons. The number of nitrogens with zero attached hydrogens (tertiary/aromatic N) is 2. The van der Waals surface area contributed by atoms with Gasteiger partial charge in [-0.25, -0.2) is 4.79 Å². The van der Waals surface area contributed by atoms with Crippen molar-refractivity contribution >= 4 is 35.2 Å². The standard InChI is InChI=1S/C18H17ClN2O3/c19-17-6-3-14(11-16(17)18(22)23)20-12-13-1-4-15(5-2-13)21-7-9-24-10-8-21/h1-6,11-12H,7-10H2,(H,22,23). The number of morpholine rings is 1. The van der Waals surface area contributed by atoms with Crippen LogP contribution in [0.15, 0.2) is 47.5 Å². The summed E-state index contributed by atoms with van der Waals surface area (Å²) in [6, 6.07) is 12.8. The van der Waals surface area contributed by atoms with Gasteiger partial charge in [-0.15, -0.1) is 0 Å². The fourth-order valence-corrected chi connectivity index (χ4v) is 2.70. The molecule has 0 amide bonds. The van der Waals surface area contributed by atoms with Crippen LogP contribution < -0.4 is 4.90 Å². The molecule has 2 aromatic rings. The molecule has 0 atom stereocenters. The maximum atomic E-state index is 11.1. The number of aliphatic imine (C=N–C) groups is 1. The summed E-state index contributed by atoms with van der Waals surface area (Å²) >= 11 is 5.85. The predicted molar refractivity (Wildman–Crippen MR) is 95.1 cm³/mol. The first-order valence-electron chi connectivity index (χ1n) is 7.63. The molecule has 1 fully saturated rings. The zero-order valence-electron chi connectivity index (χ0n) is 13.0. The molecule has 24 heavy (non-hydrogen) atoms. The number of carboxylic acids is 1. The molecular weight excluding hydrogens is 328 g/mol. The van der Waals surface area contributed by atoms with Crippen LogP contribution in [0.3, 0.4) is 0 Å². The lowest BCUT2D eigenvalue weighted by Gasteiger charge is -2.28. The van der Waals surface area contributed by atoms with E-state index >= 15 is 0 Å². The highest BCUT2D eigenvalue weighted by molar-refractivity contribution is 6.33. The van der Waals surface area contributed by atoms with E-state index in [0.29, 0.717) is 5.69 Å². The first-order chi connectivity index (χ1) is 11.6. The summed E-state index contributed by atoms with van der Waals surface area (Å²) in [6.45, 7) is 3.31. The van der Waals surface area contributed by atoms with Gasteiger partial charge < -0.3 is 14.7 Å². The van der Waals surface area contributed by atoms with Gasteiger partial charge in [0.15, 0.2) is 0 Å². The Kier molecular flexibility index (Phi) is 5.13. The van der Waals surface area contributed by atoms with Crippen LogP contribution in [0.25, 0.3) is 0 Å². The minimum Gasteiger partial charge on any atom is -0.478 e. The molecule has 1 aliphatic heterocycles. The van der Waals surface area contributed by atoms with Crippen molar-refractivity contribution in [2.45, 2.75) is 0 Å². The van der Waals surface area contributed by atoms with E-state index in [1.165, 1.54) is 6.07 Å². The molecule has 1 aliphatic rings. The topological polar surface area (TPSA) is 62.1 Å². The SMILES string of the molecule is O=C(O)c1cc(N=Cc2ccc(N3CCOCC3)cc2)ccc1Cl. The highest BCUT2D eigenvalue weighted by Crippen LogP contribution is 2.23. The summed E-state index contributed by atoms with van der Waals surface area (Å²) in [5, 5.41) is 9.28. The van der Waals surface area contributed by atoms with Crippen molar-refractivity contribution in [1.82, 2.24) is 0 Å². The van der Waals surface area contributed by atoms with Crippen LogP contribution in [0.2, 0.25) is 5.02 Å². The average Bonchev–Trinajstić information content (AvgIpc) is 2.62. The monoisotopic (exact) mass is 344 g/mol. The zero-order chi connectivity index (χ0) is 16.9. The molecule has 0 unspecified atom stereocenters. The Morgan fingerprint density at radius 3 is 2.54 bits per heavy atom. The molecule has 1 saturated heterocycles. The van der Waals surface area contributed by atoms with Gasteiger partial charge >= 0.3 is 5.97 Å². The number of anilines is 1. The normalized spacial score (nSPS) is 15.0. The summed E-state index contributed by atoms with van der Waals surface area (Å²) in [5.74, 6) is -1.06. The van der Waals surface area contributed by atoms with Crippen LogP contribution in [-0.2, 0) is 4.74 Å². The van der Waals surface area contributed by atoms with Crippen LogP contribution in [0.4, 0.5) is 11.4 Å². The summed E-state index contributed by atoms with van der Waals surface area (Å²) < 4.78 is 5.35. The lowest BCUT2D eigenvalue weighted by Crippen LogP contribution is -2.36. The number of hydrogen-bond acceptors (Lipinski definition) is 4. The van der Waals surface area contributed by atoms with E-state index in [2.05, 4.69) is 22.0 Å². The molecule has 2 aromatic carbocycles. The number of rotatable bonds is 4. The van der Waals surface area contributed by atoms with E-state index in [4.69, 9.17) is 21.4 Å². The second-order valence-electron chi connectivity index (χ2n) is 5.42. The molecule has 5 nitrogen and oxygen atoms in total. The van der Waals surface area contributed by atoms with Crippen molar-refractivity contribution in [2.24, 2.45) is 4.99 Å². The lowest BCUT2D eigenvalue weighted by molar-refractivity contribution is 0.0697. The fourth-order valence-electron chi connectivity index (χ4n) is 2.50. The van der Waals surface area contributed by atoms with Crippen molar-refractivity contribution in [1.29, 1.82) is 0 Å². The van der Waals surface area contributed by atoms with Gasteiger partial charge in [-0.1, -0.05) is 23.7 Å². The van der Waals surface area contributed by atoms with Gasteiger partial charge in [0.25, 0.3) is 0 Å². The Hall–Kier alpha value is -2.37. The van der Waals surface area contributed by atoms with Crippen LogP contribution in [0, 0.1) is 0 Å². The van der Waals surface area contributed by atoms with E-state index in [-0.39, 0.29) is 10.6 Å². The molecule has 0 aliphatic carbocycles. The van der Waals surface area contributed by atoms with E-state index in [1.807, 2.05) is 12.1 Å². The molecule has 0 spiro atoms. The second kappa shape index (κ2) is 7.47. The maximum absolute atomic E-state index is 11.1. The zero-order valence-corrected chi connectivity index (χ0v) is 13.7. The summed E-state index contributed by atoms with van der Waals surface area (Å²) in [6.07, 6.45) is 1.71. The van der Waals surface area contributed by atoms with Crippen LogP contribution in [-0.4, -0.2) is 43.6 Å². The van der Waals surface area contributed by atoms with Gasteiger partial charge in [0.1, 0.15) is 0 Å². The lowest BCUT2D eigenvalue weighted by atomic mass is 10.2. The average molecular weight is 345 g/mol. The first kappa shape index (κ1) is 16.5. The van der Waals surface area contributed by atoms with Gasteiger partial charge in [0.05, 0.1) is 29.5 Å². The molecule has 0 radical (unpaired) electrons. The molecule has 0 aromatic heterocycles. The van der Waals surface area contributed by atoms with Gasteiger partial charge in [-0.3, -0.25) is 4.99 Å². The molecule has 1 heterocycles. The molecular formula is C18H17ClN2O3. The first-order valence-corrected chi connectivity index (χ1v) is 8.01. The third kappa shape index (κ3) is 3.93. The molecule has 3 rings (SSSR count). The Balaban J connectivity index is 1.72. The van der Waals surface area contributed by atoms with Crippen molar-refractivity contribution in [3.05, 3.63) is 58.6 Å². The Bertz CT molecular complexity index is 753. The predicted octanol–water partition coefficient (Wildman–Crippen LogP) is 3.63. The van der Waals surface area contributed by atoms with E-state index in [9.17, 15) is 4.79 Å². The minimum atomic E-state index is -1.06. The van der Waals surface area contributed by atoms with Gasteiger partial charge in [0.2, 0.25) is 0 Å². The second-order valence-corrected chi connectivity index (χ2v) is 5.83. The van der Waals surface area contributed by atoms with E-state index in [1.54, 1.807) is 18.3 Å². The van der Waals surface area contributed by atoms with E-state index in [0.717, 1.165) is 37.6 Å². The highest BCUT2D eigenvalue weighted by Gasteiger charge is 2.11. The number of hydrogen-bond donors (Lipinski definition) is 1. The number of carbonyl (C=O) groups is 1. The Morgan fingerprint density at radius 1 is 1.17 bits per heavy atom. The minimum absolute atomic E-state index is 0.0500. The summed E-state index contributed by atoms with van der Waals surface area (Å²) in [4.78, 5) is 17.7. The summed E-state index contributed by atoms with van der Waals surface area (Å²) in [5.41, 5.74) is 2.71. The molecule has 0 saturated carbocycles. The number of benzene rings is 2. The number of carboxylic acid groups (broad SMARTS) is 1. The highest BCUT2D eigenvalue weighted by atomic mass is 35.5. The Labute approximate surface area is 145 Å². The third-order valence-corrected chi connectivity index (χ3v) is 4.14. The molecule has 0 bridgehead atoms. The number of ether oxygens (including phenoxy) is 1. The van der Waals surface area contributed by atoms with E-state index < -0.39 is 5.97 Å². The smallest absolute Gasteiger partial charge is 0.337 e. The van der Waals surface area contributed by atoms with Crippen molar-refractivity contribution in [3.8, 4) is 0 Å². The molecule has 1 N–H and O–H groups in total. The van der Waals surface area contributed by atoms with Gasteiger partial charge in [-0.2, -0.15) is 0 Å². The third-order valence-electron chi connectivity index (χ3n) is 3.81. The molecule has 6 heteroatoms. The van der Waals surface area contributed by atoms with Crippen LogP contribution in [0.5, 0.6) is 0 Å². The number of halogens is 1. The van der Waals surface area contributed by atoms with Crippen molar-refractivity contribution in [2.75, 3.05) is 31.2 Å².